The zero-order valence-corrected chi connectivity index (χ0v) is 4.67. The van der Waals surface area contributed by atoms with Gasteiger partial charge in [0.05, 0.1) is 0 Å². The van der Waals surface area contributed by atoms with Crippen molar-refractivity contribution in [2.45, 2.75) is 12.8 Å². The van der Waals surface area contributed by atoms with Gasteiger partial charge in [-0.3, -0.25) is 0 Å². The van der Waals surface area contributed by atoms with Gasteiger partial charge >= 0.3 is 0 Å². The Balaban J connectivity index is 0.000000490. The average Bonchev–Trinajstić information content (AvgIpc) is 1.69. The summed E-state index contributed by atoms with van der Waals surface area (Å²) in [6, 6.07) is 0. The van der Waals surface area contributed by atoms with Crippen molar-refractivity contribution in [2.24, 2.45) is 0 Å². The van der Waals surface area contributed by atoms with Gasteiger partial charge in [0, 0.05) is 8.41 Å². The Kier molecular flexibility index (Phi) is 3.08. The summed E-state index contributed by atoms with van der Waals surface area (Å²) < 4.78 is 0. The zero-order valence-electron chi connectivity index (χ0n) is 4.67. The molecule has 2 heteroatoms. The Hall–Kier alpha value is -0.655. The van der Waals surface area contributed by atoms with E-state index in [1.165, 1.54) is 0 Å². The van der Waals surface area contributed by atoms with Crippen molar-refractivity contribution in [3.8, 4) is 0 Å². The summed E-state index contributed by atoms with van der Waals surface area (Å²) in [5, 5.41) is 8.68. The molecular formula is C6H8BO. The Bertz CT molecular complexity index is 116. The maximum absolute atomic E-state index is 8.68. The van der Waals surface area contributed by atoms with Gasteiger partial charge in [-0.2, -0.15) is 0 Å². The topological polar surface area (TPSA) is 20.2 Å². The van der Waals surface area contributed by atoms with Crippen LogP contribution in [0.4, 0.5) is 0 Å². The molecular weight excluding hydrogens is 98.9 g/mol. The highest BCUT2D eigenvalue weighted by molar-refractivity contribution is 5.75. The average molecular weight is 107 g/mol. The van der Waals surface area contributed by atoms with E-state index in [0.29, 0.717) is 5.76 Å². The smallest absolute Gasteiger partial charge is 0.111 e. The molecule has 0 aromatic heterocycles. The first-order chi connectivity index (χ1) is 3.39. The van der Waals surface area contributed by atoms with Crippen molar-refractivity contribution < 1.29 is 5.11 Å². The van der Waals surface area contributed by atoms with Gasteiger partial charge in [-0.15, -0.1) is 0 Å². The molecule has 0 heterocycles. The second-order valence-electron chi connectivity index (χ2n) is 1.61. The zero-order chi connectivity index (χ0) is 5.11. The van der Waals surface area contributed by atoms with Gasteiger partial charge < -0.3 is 5.11 Å². The lowest BCUT2D eigenvalue weighted by Gasteiger charge is -1.95. The molecule has 0 fully saturated rings. The van der Waals surface area contributed by atoms with Crippen LogP contribution in [-0.4, -0.2) is 13.5 Å². The third-order valence-corrected chi connectivity index (χ3v) is 0.975. The van der Waals surface area contributed by atoms with E-state index >= 15 is 0 Å². The van der Waals surface area contributed by atoms with Crippen LogP contribution in [0.3, 0.4) is 0 Å². The van der Waals surface area contributed by atoms with E-state index in [4.69, 9.17) is 5.11 Å². The summed E-state index contributed by atoms with van der Waals surface area (Å²) in [6.45, 7) is 0. The van der Waals surface area contributed by atoms with Crippen molar-refractivity contribution in [3.63, 3.8) is 0 Å². The molecule has 0 aromatic carbocycles. The fraction of sp³-hybridized carbons (Fsp3) is 0.333. The summed E-state index contributed by atoms with van der Waals surface area (Å²) in [7, 11) is 0. The molecule has 0 aromatic rings. The highest BCUT2D eigenvalue weighted by atomic mass is 16.3. The minimum Gasteiger partial charge on any atom is -0.508 e. The normalized spacial score (nSPS) is 16.8. The van der Waals surface area contributed by atoms with E-state index < -0.39 is 0 Å². The number of aliphatic hydroxyl groups excluding tert-OH is 1. The van der Waals surface area contributed by atoms with Crippen LogP contribution in [0, 0.1) is 0 Å². The van der Waals surface area contributed by atoms with Crippen LogP contribution in [0.25, 0.3) is 0 Å². The van der Waals surface area contributed by atoms with Crippen LogP contribution in [0.1, 0.15) is 12.8 Å². The Labute approximate surface area is 51.3 Å². The molecule has 0 atom stereocenters. The van der Waals surface area contributed by atoms with Gasteiger partial charge in [0.1, 0.15) is 5.76 Å². The molecule has 1 aliphatic rings. The summed E-state index contributed by atoms with van der Waals surface area (Å²) in [6.07, 6.45) is 7.57. The molecule has 41 valence electrons. The molecule has 1 aliphatic carbocycles. The van der Waals surface area contributed by atoms with Crippen LogP contribution < -0.4 is 0 Å². The third kappa shape index (κ3) is 1.87. The van der Waals surface area contributed by atoms with Gasteiger partial charge in [0.25, 0.3) is 0 Å². The maximum Gasteiger partial charge on any atom is 0.111 e. The lowest BCUT2D eigenvalue weighted by molar-refractivity contribution is 0.427. The molecule has 0 amide bonds. The van der Waals surface area contributed by atoms with Crippen LogP contribution in [0.15, 0.2) is 24.0 Å². The first kappa shape index (κ1) is 7.34. The fourth-order valence-corrected chi connectivity index (χ4v) is 0.600. The van der Waals surface area contributed by atoms with Crippen molar-refractivity contribution in [1.82, 2.24) is 0 Å². The van der Waals surface area contributed by atoms with Crippen LogP contribution >= 0.6 is 0 Å². The van der Waals surface area contributed by atoms with E-state index in [1.807, 2.05) is 12.2 Å². The summed E-state index contributed by atoms with van der Waals surface area (Å²) in [5.41, 5.74) is 0. The van der Waals surface area contributed by atoms with Crippen molar-refractivity contribution in [2.75, 3.05) is 0 Å². The minimum atomic E-state index is 0. The minimum absolute atomic E-state index is 0. The highest BCUT2D eigenvalue weighted by Crippen LogP contribution is 2.04. The van der Waals surface area contributed by atoms with Crippen LogP contribution in [0.5, 0.6) is 0 Å². The third-order valence-electron chi connectivity index (χ3n) is 0.975. The molecule has 0 aliphatic heterocycles. The molecule has 0 saturated carbocycles. The van der Waals surface area contributed by atoms with E-state index in [9.17, 15) is 0 Å². The lowest BCUT2D eigenvalue weighted by Crippen LogP contribution is -1.79. The maximum atomic E-state index is 8.68. The molecule has 8 heavy (non-hydrogen) atoms. The molecule has 3 radical (unpaired) electrons. The quantitative estimate of drug-likeness (QED) is 0.464. The molecule has 0 spiro atoms. The molecule has 1 rings (SSSR count). The summed E-state index contributed by atoms with van der Waals surface area (Å²) in [5.74, 6) is 0.409. The van der Waals surface area contributed by atoms with Crippen LogP contribution in [-0.2, 0) is 0 Å². The SMILES string of the molecule is OC1=CCCC=C1.[B]. The van der Waals surface area contributed by atoms with Gasteiger partial charge in [-0.05, 0) is 25.0 Å². The van der Waals surface area contributed by atoms with Crippen molar-refractivity contribution >= 4 is 8.41 Å². The number of allylic oxidation sites excluding steroid dienone is 3. The largest absolute Gasteiger partial charge is 0.508 e. The van der Waals surface area contributed by atoms with Crippen molar-refractivity contribution in [3.05, 3.63) is 24.0 Å². The fourth-order valence-electron chi connectivity index (χ4n) is 0.600. The Morgan fingerprint density at radius 1 is 1.38 bits per heavy atom. The predicted molar refractivity (Wildman–Crippen MR) is 34.8 cm³/mol. The Morgan fingerprint density at radius 2 is 2.12 bits per heavy atom. The molecule has 0 saturated heterocycles. The number of aliphatic hydroxyl groups is 1. The number of rotatable bonds is 0. The van der Waals surface area contributed by atoms with Crippen molar-refractivity contribution in [1.29, 1.82) is 0 Å². The second-order valence-corrected chi connectivity index (χ2v) is 1.61. The second kappa shape index (κ2) is 3.36. The summed E-state index contributed by atoms with van der Waals surface area (Å²) in [4.78, 5) is 0. The van der Waals surface area contributed by atoms with Gasteiger partial charge in [0.2, 0.25) is 0 Å². The first-order valence-corrected chi connectivity index (χ1v) is 2.45. The van der Waals surface area contributed by atoms with E-state index in [2.05, 4.69) is 0 Å². The van der Waals surface area contributed by atoms with E-state index in [1.54, 1.807) is 6.08 Å². The van der Waals surface area contributed by atoms with Crippen LogP contribution in [0.2, 0.25) is 0 Å². The molecule has 0 bridgehead atoms. The van der Waals surface area contributed by atoms with E-state index in [-0.39, 0.29) is 8.41 Å². The molecule has 0 unspecified atom stereocenters. The monoisotopic (exact) mass is 107 g/mol. The predicted octanol–water partition coefficient (Wildman–Crippen LogP) is 1.40. The van der Waals surface area contributed by atoms with Gasteiger partial charge in [-0.25, -0.2) is 0 Å². The number of hydrogen-bond acceptors (Lipinski definition) is 1. The number of hydrogen-bond donors (Lipinski definition) is 1. The Morgan fingerprint density at radius 3 is 2.38 bits per heavy atom. The van der Waals surface area contributed by atoms with Gasteiger partial charge in [-0.1, -0.05) is 6.08 Å². The van der Waals surface area contributed by atoms with E-state index in [0.717, 1.165) is 12.8 Å². The molecule has 1 nitrogen and oxygen atoms in total. The highest BCUT2D eigenvalue weighted by Gasteiger charge is 1.88. The standard InChI is InChI=1S/C6H8O.B/c7-6-4-2-1-3-5-6;/h2,4-5,7H,1,3H2;. The van der Waals surface area contributed by atoms with Gasteiger partial charge in [0.15, 0.2) is 0 Å². The summed E-state index contributed by atoms with van der Waals surface area (Å²) >= 11 is 0. The lowest BCUT2D eigenvalue weighted by atomic mass is 10.2. The molecule has 1 N–H and O–H groups in total. The first-order valence-electron chi connectivity index (χ1n) is 2.45.